The minimum atomic E-state index is -0.223. The second kappa shape index (κ2) is 8.55. The maximum atomic E-state index is 12.6. The second-order valence-corrected chi connectivity index (χ2v) is 8.63. The Balaban J connectivity index is 1.60. The molecule has 158 valence electrons. The van der Waals surface area contributed by atoms with E-state index in [1.54, 1.807) is 11.9 Å². The Kier molecular flexibility index (Phi) is 5.45. The molecule has 0 N–H and O–H groups in total. The van der Waals surface area contributed by atoms with Crippen LogP contribution in [0.3, 0.4) is 0 Å². The van der Waals surface area contributed by atoms with Gasteiger partial charge in [0.2, 0.25) is 5.91 Å². The highest BCUT2D eigenvalue weighted by Crippen LogP contribution is 2.38. The molecule has 0 saturated heterocycles. The molecule has 2 heterocycles. The molecule has 5 rings (SSSR count). The number of carbonyl (C=O) groups excluding carboxylic acids is 1. The van der Waals surface area contributed by atoms with Gasteiger partial charge in [-0.25, -0.2) is 9.69 Å². The van der Waals surface area contributed by atoms with Crippen molar-refractivity contribution in [2.45, 2.75) is 19.4 Å². The van der Waals surface area contributed by atoms with Crippen LogP contribution < -0.4 is 0 Å². The number of amides is 1. The van der Waals surface area contributed by atoms with Gasteiger partial charge < -0.3 is 0 Å². The number of nitrogens with zero attached hydrogens (tertiary/aromatic N) is 4. The van der Waals surface area contributed by atoms with E-state index in [4.69, 9.17) is 10.2 Å². The van der Waals surface area contributed by atoms with Gasteiger partial charge in [-0.05, 0) is 29.8 Å². The number of hydrogen-bond donors (Lipinski definition) is 0. The van der Waals surface area contributed by atoms with Crippen LogP contribution in [-0.4, -0.2) is 26.4 Å². The standard InChI is InChI=1S/C26H21BrN4O/c1-18(32)31-25(16-24(28-31)19-12-14-21(27)15-13-19)23-17-30(22-10-6-3-7-11-22)29-26(23)20-8-4-2-5-9-20/h2-15,17,25H,16H2,1H3/t25-/m1/s1. The van der Waals surface area contributed by atoms with Crippen LogP contribution in [-0.2, 0) is 4.79 Å². The smallest absolute Gasteiger partial charge is 0.240 e. The van der Waals surface area contributed by atoms with E-state index in [0.29, 0.717) is 6.42 Å². The van der Waals surface area contributed by atoms with Gasteiger partial charge in [0.15, 0.2) is 0 Å². The van der Waals surface area contributed by atoms with Crippen molar-refractivity contribution < 1.29 is 4.79 Å². The summed E-state index contributed by atoms with van der Waals surface area (Å²) in [4.78, 5) is 12.6. The lowest BCUT2D eigenvalue weighted by Crippen LogP contribution is -2.24. The molecular formula is C26H21BrN4O. The summed E-state index contributed by atoms with van der Waals surface area (Å²) in [5, 5.41) is 11.2. The zero-order valence-electron chi connectivity index (χ0n) is 17.5. The van der Waals surface area contributed by atoms with Crippen molar-refractivity contribution in [2.75, 3.05) is 0 Å². The normalized spacial score (nSPS) is 15.6. The average molecular weight is 485 g/mol. The summed E-state index contributed by atoms with van der Waals surface area (Å²) in [7, 11) is 0. The third-order valence-corrected chi connectivity index (χ3v) is 6.11. The molecule has 0 spiro atoms. The summed E-state index contributed by atoms with van der Waals surface area (Å²) in [6, 6.07) is 27.9. The highest BCUT2D eigenvalue weighted by Gasteiger charge is 2.34. The highest BCUT2D eigenvalue weighted by atomic mass is 79.9. The molecule has 1 atom stereocenters. The molecule has 0 bridgehead atoms. The lowest BCUT2D eigenvalue weighted by molar-refractivity contribution is -0.130. The van der Waals surface area contributed by atoms with Crippen molar-refractivity contribution in [1.29, 1.82) is 0 Å². The van der Waals surface area contributed by atoms with E-state index in [-0.39, 0.29) is 11.9 Å². The molecule has 1 aliphatic heterocycles. The number of hydrazone groups is 1. The van der Waals surface area contributed by atoms with Crippen molar-refractivity contribution in [3.05, 3.63) is 107 Å². The SMILES string of the molecule is CC(=O)N1N=C(c2ccc(Br)cc2)C[C@@H]1c1cn(-c2ccccc2)nc1-c1ccccc1. The lowest BCUT2D eigenvalue weighted by Gasteiger charge is -2.20. The number of aromatic nitrogens is 2. The van der Waals surface area contributed by atoms with Gasteiger partial charge in [-0.2, -0.15) is 10.2 Å². The van der Waals surface area contributed by atoms with Gasteiger partial charge in [0.25, 0.3) is 0 Å². The van der Waals surface area contributed by atoms with Crippen molar-refractivity contribution in [3.63, 3.8) is 0 Å². The first-order valence-electron chi connectivity index (χ1n) is 10.4. The summed E-state index contributed by atoms with van der Waals surface area (Å²) in [6.45, 7) is 1.56. The summed E-state index contributed by atoms with van der Waals surface area (Å²) in [6.07, 6.45) is 2.65. The quantitative estimate of drug-likeness (QED) is 0.356. The molecule has 6 heteroatoms. The van der Waals surface area contributed by atoms with Gasteiger partial charge in [-0.1, -0.05) is 76.6 Å². The van der Waals surface area contributed by atoms with E-state index >= 15 is 0 Å². The minimum absolute atomic E-state index is 0.0893. The fraction of sp³-hybridized carbons (Fsp3) is 0.115. The van der Waals surface area contributed by atoms with Crippen LogP contribution in [0.4, 0.5) is 0 Å². The number of rotatable bonds is 4. The Morgan fingerprint density at radius 2 is 1.56 bits per heavy atom. The largest absolute Gasteiger partial charge is 0.273 e. The molecule has 1 amide bonds. The highest BCUT2D eigenvalue weighted by molar-refractivity contribution is 9.10. The molecule has 0 unspecified atom stereocenters. The summed E-state index contributed by atoms with van der Waals surface area (Å²) in [5.41, 5.74) is 5.72. The van der Waals surface area contributed by atoms with Crippen molar-refractivity contribution in [3.8, 4) is 16.9 Å². The summed E-state index contributed by atoms with van der Waals surface area (Å²) < 4.78 is 2.89. The van der Waals surface area contributed by atoms with E-state index in [9.17, 15) is 4.79 Å². The van der Waals surface area contributed by atoms with Gasteiger partial charge in [0.1, 0.15) is 0 Å². The van der Waals surface area contributed by atoms with Crippen molar-refractivity contribution in [2.24, 2.45) is 5.10 Å². The molecule has 3 aromatic carbocycles. The number of halogens is 1. The monoisotopic (exact) mass is 484 g/mol. The first kappa shape index (κ1) is 20.4. The van der Waals surface area contributed by atoms with Crippen LogP contribution in [0.2, 0.25) is 0 Å². The van der Waals surface area contributed by atoms with Crippen molar-refractivity contribution in [1.82, 2.24) is 14.8 Å². The number of hydrogen-bond acceptors (Lipinski definition) is 3. The topological polar surface area (TPSA) is 50.5 Å². The van der Waals surface area contributed by atoms with Crippen LogP contribution in [0.25, 0.3) is 16.9 Å². The fourth-order valence-corrected chi connectivity index (χ4v) is 4.29. The zero-order valence-corrected chi connectivity index (χ0v) is 19.1. The van der Waals surface area contributed by atoms with E-state index in [1.165, 1.54) is 0 Å². The van der Waals surface area contributed by atoms with Crippen LogP contribution >= 0.6 is 15.9 Å². The molecule has 1 aromatic heterocycles. The molecule has 0 radical (unpaired) electrons. The van der Waals surface area contributed by atoms with Gasteiger partial charge in [0.05, 0.1) is 23.1 Å². The van der Waals surface area contributed by atoms with E-state index in [0.717, 1.165) is 38.3 Å². The van der Waals surface area contributed by atoms with Gasteiger partial charge in [-0.3, -0.25) is 4.79 Å². The second-order valence-electron chi connectivity index (χ2n) is 7.72. The maximum Gasteiger partial charge on any atom is 0.240 e. The maximum absolute atomic E-state index is 12.6. The molecule has 1 aliphatic rings. The Bertz CT molecular complexity index is 1280. The van der Waals surface area contributed by atoms with Gasteiger partial charge in [0, 0.05) is 35.1 Å². The zero-order chi connectivity index (χ0) is 22.1. The van der Waals surface area contributed by atoms with Crippen LogP contribution in [0, 0.1) is 0 Å². The Labute approximate surface area is 195 Å². The molecule has 32 heavy (non-hydrogen) atoms. The van der Waals surface area contributed by atoms with Crippen LogP contribution in [0.5, 0.6) is 0 Å². The average Bonchev–Trinajstić information content (AvgIpc) is 3.46. The van der Waals surface area contributed by atoms with Gasteiger partial charge >= 0.3 is 0 Å². The summed E-state index contributed by atoms with van der Waals surface area (Å²) in [5.74, 6) is -0.0893. The lowest BCUT2D eigenvalue weighted by atomic mass is 9.96. The number of para-hydroxylation sites is 1. The summed E-state index contributed by atoms with van der Waals surface area (Å²) >= 11 is 3.48. The molecule has 0 saturated carbocycles. The number of benzene rings is 3. The molecule has 4 aromatic rings. The molecule has 0 fully saturated rings. The molecule has 0 aliphatic carbocycles. The van der Waals surface area contributed by atoms with Crippen LogP contribution in [0.15, 0.2) is 101 Å². The first-order valence-corrected chi connectivity index (χ1v) is 11.2. The predicted molar refractivity (Wildman–Crippen MR) is 130 cm³/mol. The Morgan fingerprint density at radius 1 is 0.906 bits per heavy atom. The Morgan fingerprint density at radius 3 is 2.22 bits per heavy atom. The van der Waals surface area contributed by atoms with E-state index in [2.05, 4.69) is 15.9 Å². The molecule has 5 nitrogen and oxygen atoms in total. The minimum Gasteiger partial charge on any atom is -0.273 e. The fourth-order valence-electron chi connectivity index (χ4n) is 4.02. The third-order valence-electron chi connectivity index (χ3n) is 5.58. The van der Waals surface area contributed by atoms with E-state index in [1.807, 2.05) is 95.8 Å². The van der Waals surface area contributed by atoms with E-state index < -0.39 is 0 Å². The molecular weight excluding hydrogens is 464 g/mol. The van der Waals surface area contributed by atoms with Crippen molar-refractivity contribution >= 4 is 27.5 Å². The predicted octanol–water partition coefficient (Wildman–Crippen LogP) is 6.00. The van der Waals surface area contributed by atoms with Gasteiger partial charge in [-0.15, -0.1) is 0 Å². The Hall–Kier alpha value is -3.51. The first-order chi connectivity index (χ1) is 15.6. The number of carbonyl (C=O) groups is 1. The third kappa shape index (κ3) is 3.89. The van der Waals surface area contributed by atoms with Crippen LogP contribution in [0.1, 0.15) is 30.5 Å².